The van der Waals surface area contributed by atoms with Gasteiger partial charge in [-0.25, -0.2) is 0 Å². The summed E-state index contributed by atoms with van der Waals surface area (Å²) in [6, 6.07) is -0.450. The van der Waals surface area contributed by atoms with Crippen LogP contribution in [0.5, 0.6) is 0 Å². The Kier molecular flexibility index (Phi) is 5.23. The molecule has 3 N–H and O–H groups in total. The Labute approximate surface area is 115 Å². The van der Waals surface area contributed by atoms with Gasteiger partial charge < -0.3 is 11.1 Å². The van der Waals surface area contributed by atoms with Crippen molar-refractivity contribution in [1.29, 1.82) is 0 Å². The minimum Gasteiger partial charge on any atom is -0.368 e. The van der Waals surface area contributed by atoms with Gasteiger partial charge in [0, 0.05) is 6.42 Å². The average Bonchev–Trinajstić information content (AvgIpc) is 2.89. The highest BCUT2D eigenvalue weighted by molar-refractivity contribution is 5.86. The minimum atomic E-state index is -0.450. The van der Waals surface area contributed by atoms with Gasteiger partial charge >= 0.3 is 0 Å². The summed E-state index contributed by atoms with van der Waals surface area (Å²) in [5.74, 6) is 0.409. The second-order valence-corrected chi connectivity index (χ2v) is 6.20. The van der Waals surface area contributed by atoms with Crippen molar-refractivity contribution in [3.05, 3.63) is 0 Å². The van der Waals surface area contributed by atoms with E-state index in [2.05, 4.69) is 5.32 Å². The molecule has 0 aromatic rings. The highest BCUT2D eigenvalue weighted by atomic mass is 16.2. The Balaban J connectivity index is 1.84. The van der Waals surface area contributed by atoms with Crippen LogP contribution in [0, 0.1) is 11.8 Å². The molecule has 2 fully saturated rings. The SMILES string of the molecule is NC(=O)[C@@H](NC(=O)CC1CCCC1)C1CCCCC1. The summed E-state index contributed by atoms with van der Waals surface area (Å²) >= 11 is 0. The quantitative estimate of drug-likeness (QED) is 0.800. The van der Waals surface area contributed by atoms with E-state index in [0.29, 0.717) is 12.3 Å². The van der Waals surface area contributed by atoms with Crippen molar-refractivity contribution in [3.8, 4) is 0 Å². The van der Waals surface area contributed by atoms with E-state index in [1.54, 1.807) is 0 Å². The highest BCUT2D eigenvalue weighted by Gasteiger charge is 2.30. The van der Waals surface area contributed by atoms with Gasteiger partial charge in [-0.15, -0.1) is 0 Å². The topological polar surface area (TPSA) is 72.2 Å². The number of primary amides is 1. The molecule has 2 saturated carbocycles. The van der Waals surface area contributed by atoms with Crippen molar-refractivity contribution in [2.24, 2.45) is 17.6 Å². The first kappa shape index (κ1) is 14.4. The van der Waals surface area contributed by atoms with Gasteiger partial charge in [0.2, 0.25) is 11.8 Å². The maximum atomic E-state index is 12.0. The molecule has 2 aliphatic carbocycles. The van der Waals surface area contributed by atoms with E-state index in [1.807, 2.05) is 0 Å². The molecular weight excluding hydrogens is 240 g/mol. The summed E-state index contributed by atoms with van der Waals surface area (Å²) in [6.45, 7) is 0. The molecule has 1 atom stereocenters. The van der Waals surface area contributed by atoms with Crippen LogP contribution in [0.1, 0.15) is 64.2 Å². The fourth-order valence-corrected chi connectivity index (χ4v) is 3.60. The zero-order valence-electron chi connectivity index (χ0n) is 11.7. The molecule has 0 saturated heterocycles. The predicted molar refractivity (Wildman–Crippen MR) is 74.3 cm³/mol. The highest BCUT2D eigenvalue weighted by Crippen LogP contribution is 2.29. The standard InChI is InChI=1S/C15H26N2O2/c16-15(19)14(12-8-2-1-3-9-12)17-13(18)10-11-6-4-5-7-11/h11-12,14H,1-10H2,(H2,16,19)(H,17,18)/t14-/m0/s1. The Morgan fingerprint density at radius 3 is 2.16 bits per heavy atom. The largest absolute Gasteiger partial charge is 0.368 e. The molecule has 0 radical (unpaired) electrons. The number of nitrogens with two attached hydrogens (primary N) is 1. The number of nitrogens with one attached hydrogen (secondary N) is 1. The van der Waals surface area contributed by atoms with Crippen molar-refractivity contribution in [3.63, 3.8) is 0 Å². The van der Waals surface area contributed by atoms with Gasteiger partial charge in [-0.3, -0.25) is 9.59 Å². The van der Waals surface area contributed by atoms with E-state index < -0.39 is 6.04 Å². The van der Waals surface area contributed by atoms with E-state index in [-0.39, 0.29) is 17.7 Å². The smallest absolute Gasteiger partial charge is 0.240 e. The van der Waals surface area contributed by atoms with Gasteiger partial charge in [0.25, 0.3) is 0 Å². The van der Waals surface area contributed by atoms with Crippen LogP contribution in [-0.2, 0) is 9.59 Å². The van der Waals surface area contributed by atoms with E-state index >= 15 is 0 Å². The molecule has 0 heterocycles. The number of hydrogen-bond acceptors (Lipinski definition) is 2. The van der Waals surface area contributed by atoms with E-state index in [0.717, 1.165) is 38.5 Å². The second-order valence-electron chi connectivity index (χ2n) is 6.20. The first-order chi connectivity index (χ1) is 9.16. The third kappa shape index (κ3) is 4.22. The minimum absolute atomic E-state index is 0.0151. The van der Waals surface area contributed by atoms with Crippen LogP contribution in [0.25, 0.3) is 0 Å². The van der Waals surface area contributed by atoms with Crippen molar-refractivity contribution >= 4 is 11.8 Å². The first-order valence-electron chi connectivity index (χ1n) is 7.75. The average molecular weight is 266 g/mol. The number of amides is 2. The molecule has 0 aromatic heterocycles. The van der Waals surface area contributed by atoms with E-state index in [4.69, 9.17) is 5.73 Å². The van der Waals surface area contributed by atoms with Crippen molar-refractivity contribution in [2.75, 3.05) is 0 Å². The predicted octanol–water partition coefficient (Wildman–Crippen LogP) is 2.12. The summed E-state index contributed by atoms with van der Waals surface area (Å²) in [7, 11) is 0. The maximum absolute atomic E-state index is 12.0. The lowest BCUT2D eigenvalue weighted by molar-refractivity contribution is -0.129. The zero-order chi connectivity index (χ0) is 13.7. The molecule has 108 valence electrons. The molecule has 19 heavy (non-hydrogen) atoms. The summed E-state index contributed by atoms with van der Waals surface area (Å²) in [5, 5.41) is 2.90. The second kappa shape index (κ2) is 6.92. The van der Waals surface area contributed by atoms with Crippen LogP contribution in [0.3, 0.4) is 0 Å². The molecule has 0 unspecified atom stereocenters. The number of carbonyl (C=O) groups is 2. The number of carbonyl (C=O) groups excluding carboxylic acids is 2. The van der Waals surface area contributed by atoms with Crippen LogP contribution in [0.2, 0.25) is 0 Å². The normalized spacial score (nSPS) is 23.2. The summed E-state index contributed by atoms with van der Waals surface area (Å²) in [5.41, 5.74) is 5.47. The zero-order valence-corrected chi connectivity index (χ0v) is 11.7. The number of hydrogen-bond donors (Lipinski definition) is 2. The van der Waals surface area contributed by atoms with Gasteiger partial charge in [0.1, 0.15) is 6.04 Å². The first-order valence-corrected chi connectivity index (χ1v) is 7.75. The monoisotopic (exact) mass is 266 g/mol. The van der Waals surface area contributed by atoms with Crippen LogP contribution in [0.4, 0.5) is 0 Å². The Morgan fingerprint density at radius 1 is 1.00 bits per heavy atom. The molecule has 0 aromatic carbocycles. The van der Waals surface area contributed by atoms with Crippen LogP contribution in [0.15, 0.2) is 0 Å². The van der Waals surface area contributed by atoms with Gasteiger partial charge in [-0.05, 0) is 37.5 Å². The van der Waals surface area contributed by atoms with Crippen molar-refractivity contribution in [2.45, 2.75) is 70.3 Å². The molecule has 2 aliphatic rings. The van der Waals surface area contributed by atoms with Gasteiger partial charge in [-0.2, -0.15) is 0 Å². The molecule has 0 spiro atoms. The van der Waals surface area contributed by atoms with Gasteiger partial charge in [0.15, 0.2) is 0 Å². The molecule has 2 rings (SSSR count). The summed E-state index contributed by atoms with van der Waals surface area (Å²) in [4.78, 5) is 23.6. The molecule has 4 nitrogen and oxygen atoms in total. The van der Waals surface area contributed by atoms with E-state index in [9.17, 15) is 9.59 Å². The Bertz CT molecular complexity index is 318. The van der Waals surface area contributed by atoms with Crippen molar-refractivity contribution < 1.29 is 9.59 Å². The lowest BCUT2D eigenvalue weighted by Crippen LogP contribution is -2.49. The molecule has 0 aliphatic heterocycles. The Morgan fingerprint density at radius 2 is 1.58 bits per heavy atom. The maximum Gasteiger partial charge on any atom is 0.240 e. The summed E-state index contributed by atoms with van der Waals surface area (Å²) < 4.78 is 0. The lowest BCUT2D eigenvalue weighted by atomic mass is 9.83. The van der Waals surface area contributed by atoms with Crippen LogP contribution >= 0.6 is 0 Å². The van der Waals surface area contributed by atoms with Gasteiger partial charge in [0.05, 0.1) is 0 Å². The van der Waals surface area contributed by atoms with Crippen LogP contribution < -0.4 is 11.1 Å². The number of rotatable bonds is 5. The van der Waals surface area contributed by atoms with Crippen molar-refractivity contribution in [1.82, 2.24) is 5.32 Å². The van der Waals surface area contributed by atoms with E-state index in [1.165, 1.54) is 19.3 Å². The molecular formula is C15H26N2O2. The molecule has 4 heteroatoms. The summed E-state index contributed by atoms with van der Waals surface area (Å²) in [6.07, 6.45) is 10.9. The third-order valence-corrected chi connectivity index (χ3v) is 4.69. The van der Waals surface area contributed by atoms with Gasteiger partial charge in [-0.1, -0.05) is 32.1 Å². The fourth-order valence-electron chi connectivity index (χ4n) is 3.60. The fraction of sp³-hybridized carbons (Fsp3) is 0.867. The third-order valence-electron chi connectivity index (χ3n) is 4.69. The molecule has 2 amide bonds. The van der Waals surface area contributed by atoms with Crippen LogP contribution in [-0.4, -0.2) is 17.9 Å². The Hall–Kier alpha value is -1.06. The lowest BCUT2D eigenvalue weighted by Gasteiger charge is -2.29. The molecule has 0 bridgehead atoms.